The fourth-order valence-corrected chi connectivity index (χ4v) is 2.28. The summed E-state index contributed by atoms with van der Waals surface area (Å²) in [4.78, 5) is 12.0. The van der Waals surface area contributed by atoms with E-state index in [4.69, 9.17) is 33.7 Å². The van der Waals surface area contributed by atoms with Crippen LogP contribution in [0.25, 0.3) is 0 Å². The molecule has 0 fully saturated rings. The van der Waals surface area contributed by atoms with E-state index in [1.807, 2.05) is 0 Å². The van der Waals surface area contributed by atoms with E-state index >= 15 is 0 Å². The van der Waals surface area contributed by atoms with Gasteiger partial charge >= 0.3 is 5.97 Å². The van der Waals surface area contributed by atoms with Crippen LogP contribution in [0.2, 0.25) is 10.0 Å². The van der Waals surface area contributed by atoms with E-state index in [-0.39, 0.29) is 20.9 Å². The van der Waals surface area contributed by atoms with E-state index in [0.29, 0.717) is 11.1 Å². The first-order valence-corrected chi connectivity index (χ1v) is 7.48. The maximum atomic E-state index is 12.0. The highest BCUT2D eigenvalue weighted by atomic mass is 35.5. The molecule has 118 valence electrons. The van der Waals surface area contributed by atoms with Crippen molar-refractivity contribution in [1.29, 1.82) is 0 Å². The first-order chi connectivity index (χ1) is 11.0. The Balaban J connectivity index is 2.19. The van der Waals surface area contributed by atoms with Crippen LogP contribution in [0, 0.1) is 0 Å². The van der Waals surface area contributed by atoms with E-state index in [2.05, 4.69) is 22.7 Å². The highest BCUT2D eigenvalue weighted by Gasteiger charge is 2.15. The molecule has 0 unspecified atom stereocenters. The predicted molar refractivity (Wildman–Crippen MR) is 95.4 cm³/mol. The fourth-order valence-electron chi connectivity index (χ4n) is 1.65. The number of ether oxygens (including phenoxy) is 1. The molecule has 2 rings (SSSR count). The van der Waals surface area contributed by atoms with Crippen molar-refractivity contribution in [1.82, 2.24) is 5.43 Å². The highest BCUT2D eigenvalue weighted by molar-refractivity contribution is 7.80. The number of thiocarbonyl (C=S) groups is 1. The predicted octanol–water partition coefficient (Wildman–Crippen LogP) is 3.38. The van der Waals surface area contributed by atoms with Crippen LogP contribution >= 0.6 is 35.4 Å². The molecule has 2 aromatic rings. The van der Waals surface area contributed by atoms with E-state index < -0.39 is 5.97 Å². The molecular weight excluding hydrogens is 357 g/mol. The van der Waals surface area contributed by atoms with E-state index in [1.54, 1.807) is 42.5 Å². The van der Waals surface area contributed by atoms with Crippen molar-refractivity contribution in [2.45, 2.75) is 0 Å². The van der Waals surface area contributed by atoms with Gasteiger partial charge in [0.25, 0.3) is 0 Å². The lowest BCUT2D eigenvalue weighted by Gasteiger charge is -2.09. The van der Waals surface area contributed by atoms with Crippen molar-refractivity contribution in [3.63, 3.8) is 0 Å². The van der Waals surface area contributed by atoms with Gasteiger partial charge in [-0.1, -0.05) is 41.4 Å². The van der Waals surface area contributed by atoms with Crippen LogP contribution in [0.4, 0.5) is 0 Å². The zero-order valence-corrected chi connectivity index (χ0v) is 14.0. The van der Waals surface area contributed by atoms with Gasteiger partial charge in [-0.3, -0.25) is 5.43 Å². The van der Waals surface area contributed by atoms with Crippen molar-refractivity contribution in [2.24, 2.45) is 10.8 Å². The molecule has 0 atom stereocenters. The van der Waals surface area contributed by atoms with Crippen molar-refractivity contribution in [3.05, 3.63) is 63.6 Å². The number of nitrogens with one attached hydrogen (secondary N) is 1. The molecule has 0 aromatic heterocycles. The number of benzene rings is 2. The van der Waals surface area contributed by atoms with Crippen LogP contribution in [0.5, 0.6) is 5.75 Å². The number of carbonyl (C=O) groups excluding carboxylic acids is 1. The molecular formula is C15H11Cl2N3O2S. The van der Waals surface area contributed by atoms with Crippen molar-refractivity contribution in [3.8, 4) is 5.75 Å². The number of carbonyl (C=O) groups is 1. The summed E-state index contributed by atoms with van der Waals surface area (Å²) in [5.74, 6) is -0.465. The lowest BCUT2D eigenvalue weighted by atomic mass is 10.2. The number of nitrogens with two attached hydrogens (primary N) is 1. The van der Waals surface area contributed by atoms with Crippen LogP contribution in [-0.2, 0) is 0 Å². The second kappa shape index (κ2) is 7.92. The van der Waals surface area contributed by atoms with Gasteiger partial charge in [0.1, 0.15) is 0 Å². The monoisotopic (exact) mass is 367 g/mol. The topological polar surface area (TPSA) is 76.7 Å². The SMILES string of the molecule is NC(=S)NN=Cc1cc(Cl)c(OC(=O)c2ccccc2)c(Cl)c1. The molecule has 8 heteroatoms. The van der Waals surface area contributed by atoms with Gasteiger partial charge in [-0.2, -0.15) is 5.10 Å². The van der Waals surface area contributed by atoms with Gasteiger partial charge in [-0.05, 0) is 42.0 Å². The van der Waals surface area contributed by atoms with Gasteiger partial charge in [0, 0.05) is 0 Å². The summed E-state index contributed by atoms with van der Waals surface area (Å²) >= 11 is 16.8. The number of rotatable bonds is 4. The summed E-state index contributed by atoms with van der Waals surface area (Å²) < 4.78 is 5.26. The molecule has 0 aliphatic heterocycles. The number of hydrogen-bond acceptors (Lipinski definition) is 4. The second-order valence-electron chi connectivity index (χ2n) is 4.30. The summed E-state index contributed by atoms with van der Waals surface area (Å²) in [7, 11) is 0. The Morgan fingerprint density at radius 1 is 1.22 bits per heavy atom. The Hall–Kier alpha value is -2.15. The molecule has 0 saturated carbocycles. The normalized spacial score (nSPS) is 10.5. The molecule has 5 nitrogen and oxygen atoms in total. The minimum absolute atomic E-state index is 0.0341. The van der Waals surface area contributed by atoms with Gasteiger partial charge in [0.05, 0.1) is 21.8 Å². The molecule has 0 aliphatic rings. The highest BCUT2D eigenvalue weighted by Crippen LogP contribution is 2.34. The quantitative estimate of drug-likeness (QED) is 0.285. The van der Waals surface area contributed by atoms with E-state index in [1.165, 1.54) is 6.21 Å². The Morgan fingerprint density at radius 2 is 1.83 bits per heavy atom. The van der Waals surface area contributed by atoms with Crippen LogP contribution in [-0.4, -0.2) is 17.3 Å². The third-order valence-electron chi connectivity index (χ3n) is 2.61. The number of esters is 1. The summed E-state index contributed by atoms with van der Waals surface area (Å²) in [6.07, 6.45) is 1.43. The van der Waals surface area contributed by atoms with E-state index in [0.717, 1.165) is 0 Å². The number of hydrazone groups is 1. The van der Waals surface area contributed by atoms with Gasteiger partial charge < -0.3 is 10.5 Å². The zero-order valence-electron chi connectivity index (χ0n) is 11.6. The first kappa shape index (κ1) is 17.2. The molecule has 0 amide bonds. The summed E-state index contributed by atoms with van der Waals surface area (Å²) in [6.45, 7) is 0. The lowest BCUT2D eigenvalue weighted by molar-refractivity contribution is 0.0735. The summed E-state index contributed by atoms with van der Waals surface area (Å²) in [6, 6.07) is 11.6. The molecule has 0 spiro atoms. The summed E-state index contributed by atoms with van der Waals surface area (Å²) in [5.41, 5.74) is 8.64. The largest absolute Gasteiger partial charge is 0.420 e. The molecule has 0 heterocycles. The summed E-state index contributed by atoms with van der Waals surface area (Å²) in [5, 5.41) is 4.19. The van der Waals surface area contributed by atoms with Crippen LogP contribution in [0.15, 0.2) is 47.6 Å². The molecule has 2 aromatic carbocycles. The van der Waals surface area contributed by atoms with Crippen molar-refractivity contribution in [2.75, 3.05) is 0 Å². The molecule has 0 radical (unpaired) electrons. The van der Waals surface area contributed by atoms with Crippen LogP contribution in [0.3, 0.4) is 0 Å². The van der Waals surface area contributed by atoms with Gasteiger partial charge in [0.15, 0.2) is 10.9 Å². The third kappa shape index (κ3) is 4.92. The van der Waals surface area contributed by atoms with Crippen LogP contribution < -0.4 is 15.9 Å². The fraction of sp³-hybridized carbons (Fsp3) is 0. The average Bonchev–Trinajstić information content (AvgIpc) is 2.51. The third-order valence-corrected chi connectivity index (χ3v) is 3.27. The second-order valence-corrected chi connectivity index (χ2v) is 5.56. The van der Waals surface area contributed by atoms with E-state index in [9.17, 15) is 4.79 Å². The Labute approximate surface area is 148 Å². The first-order valence-electron chi connectivity index (χ1n) is 6.32. The zero-order chi connectivity index (χ0) is 16.8. The Morgan fingerprint density at radius 3 is 2.39 bits per heavy atom. The minimum Gasteiger partial charge on any atom is -0.420 e. The maximum absolute atomic E-state index is 12.0. The molecule has 0 saturated heterocycles. The minimum atomic E-state index is -0.550. The standard InChI is InChI=1S/C15H11Cl2N3O2S/c16-11-6-9(8-19-20-15(18)23)7-12(17)13(11)22-14(21)10-4-2-1-3-5-10/h1-8H,(H3,18,20,23). The lowest BCUT2D eigenvalue weighted by Crippen LogP contribution is -2.23. The average molecular weight is 368 g/mol. The smallest absolute Gasteiger partial charge is 0.343 e. The number of halogens is 2. The number of nitrogens with zero attached hydrogens (tertiary/aromatic N) is 1. The number of hydrogen-bond donors (Lipinski definition) is 2. The van der Waals surface area contributed by atoms with Crippen LogP contribution in [0.1, 0.15) is 15.9 Å². The molecule has 23 heavy (non-hydrogen) atoms. The van der Waals surface area contributed by atoms with Crippen molar-refractivity contribution >= 4 is 52.7 Å². The van der Waals surface area contributed by atoms with Gasteiger partial charge in [-0.15, -0.1) is 0 Å². The maximum Gasteiger partial charge on any atom is 0.343 e. The molecule has 0 aliphatic carbocycles. The molecule has 0 bridgehead atoms. The van der Waals surface area contributed by atoms with Gasteiger partial charge in [0.2, 0.25) is 0 Å². The Bertz CT molecular complexity index is 744. The Kier molecular flexibility index (Phi) is 5.92. The van der Waals surface area contributed by atoms with Crippen molar-refractivity contribution < 1.29 is 9.53 Å². The van der Waals surface area contributed by atoms with Gasteiger partial charge in [-0.25, -0.2) is 4.79 Å². The molecule has 3 N–H and O–H groups in total.